The molecule has 1 amide bonds. The van der Waals surface area contributed by atoms with E-state index >= 15 is 0 Å². The van der Waals surface area contributed by atoms with Crippen LogP contribution in [0.2, 0.25) is 0 Å². The van der Waals surface area contributed by atoms with Crippen LogP contribution in [0.15, 0.2) is 72.4 Å². The zero-order chi connectivity index (χ0) is 21.5. The number of phenols is 1. The Morgan fingerprint density at radius 2 is 1.70 bits per heavy atom. The van der Waals surface area contributed by atoms with E-state index in [1.165, 1.54) is 6.20 Å². The highest BCUT2D eigenvalue weighted by molar-refractivity contribution is 6.11. The second-order valence-corrected chi connectivity index (χ2v) is 6.67. The molecular formula is C24H24N4O2. The molecule has 6 heteroatoms. The van der Waals surface area contributed by atoms with Crippen molar-refractivity contribution in [1.82, 2.24) is 0 Å². The van der Waals surface area contributed by atoms with Gasteiger partial charge in [0.25, 0.3) is 5.91 Å². The molecule has 0 radical (unpaired) electrons. The maximum Gasteiger partial charge on any atom is 0.267 e. The van der Waals surface area contributed by atoms with Crippen molar-refractivity contribution >= 4 is 33.7 Å². The summed E-state index contributed by atoms with van der Waals surface area (Å²) in [4.78, 5) is 14.8. The normalized spacial score (nSPS) is 11.0. The summed E-state index contributed by atoms with van der Waals surface area (Å²) in [5.74, 6) is -0.393. The van der Waals surface area contributed by atoms with Gasteiger partial charge in [-0.3, -0.25) is 4.79 Å². The number of nitrogens with zero attached hydrogens (tertiary/aromatic N) is 2. The van der Waals surface area contributed by atoms with E-state index in [4.69, 9.17) is 0 Å². The van der Waals surface area contributed by atoms with Gasteiger partial charge in [-0.15, -0.1) is 0 Å². The van der Waals surface area contributed by atoms with Crippen molar-refractivity contribution in [2.45, 2.75) is 13.8 Å². The number of amides is 1. The van der Waals surface area contributed by atoms with Crippen molar-refractivity contribution < 1.29 is 9.90 Å². The largest absolute Gasteiger partial charge is 0.507 e. The Bertz CT molecular complexity index is 1110. The SMILES string of the molecule is CCN(CC)c1ccc(N/C=C(/C#N)C(=O)Nc2cccc3c(O)cccc23)cc1. The first kappa shape index (κ1) is 20.7. The lowest BCUT2D eigenvalue weighted by molar-refractivity contribution is -0.112. The van der Waals surface area contributed by atoms with Crippen molar-refractivity contribution in [3.8, 4) is 11.8 Å². The fraction of sp³-hybridized carbons (Fsp3) is 0.167. The Morgan fingerprint density at radius 3 is 2.37 bits per heavy atom. The third-order valence-corrected chi connectivity index (χ3v) is 4.89. The van der Waals surface area contributed by atoms with Gasteiger partial charge in [0.15, 0.2) is 0 Å². The molecular weight excluding hydrogens is 376 g/mol. The average molecular weight is 400 g/mol. The van der Waals surface area contributed by atoms with E-state index in [9.17, 15) is 15.2 Å². The molecule has 0 aliphatic rings. The molecule has 3 aromatic rings. The van der Waals surface area contributed by atoms with Gasteiger partial charge < -0.3 is 20.6 Å². The zero-order valence-electron chi connectivity index (χ0n) is 17.0. The van der Waals surface area contributed by atoms with Crippen molar-refractivity contribution in [2.24, 2.45) is 0 Å². The molecule has 0 unspecified atom stereocenters. The van der Waals surface area contributed by atoms with Gasteiger partial charge in [-0.1, -0.05) is 24.3 Å². The van der Waals surface area contributed by atoms with Crippen LogP contribution in [0.4, 0.5) is 17.1 Å². The van der Waals surface area contributed by atoms with Gasteiger partial charge in [-0.2, -0.15) is 5.26 Å². The first-order valence-electron chi connectivity index (χ1n) is 9.81. The lowest BCUT2D eigenvalue weighted by atomic mass is 10.1. The standard InChI is InChI=1S/C24H24N4O2/c1-3-28(4-2)19-13-11-18(12-14-19)26-16-17(15-25)24(30)27-22-9-5-8-21-20(22)7-6-10-23(21)29/h5-14,16,26,29H,3-4H2,1-2H3,(H,27,30)/b17-16-. The molecule has 0 saturated carbocycles. The topological polar surface area (TPSA) is 88.4 Å². The Kier molecular flexibility index (Phi) is 6.56. The van der Waals surface area contributed by atoms with Crippen molar-refractivity contribution in [1.29, 1.82) is 5.26 Å². The molecule has 30 heavy (non-hydrogen) atoms. The number of rotatable bonds is 7. The smallest absolute Gasteiger partial charge is 0.267 e. The van der Waals surface area contributed by atoms with Crippen LogP contribution in [-0.2, 0) is 4.79 Å². The molecule has 0 bridgehead atoms. The van der Waals surface area contributed by atoms with Crippen LogP contribution in [0, 0.1) is 11.3 Å². The number of benzene rings is 3. The number of nitrogens with one attached hydrogen (secondary N) is 2. The Hall–Kier alpha value is -3.98. The summed E-state index contributed by atoms with van der Waals surface area (Å²) in [6.45, 7) is 6.06. The fourth-order valence-electron chi connectivity index (χ4n) is 3.25. The monoisotopic (exact) mass is 400 g/mol. The lowest BCUT2D eigenvalue weighted by Gasteiger charge is -2.21. The predicted octanol–water partition coefficient (Wildman–Crippen LogP) is 4.85. The number of anilines is 3. The summed E-state index contributed by atoms with van der Waals surface area (Å²) >= 11 is 0. The zero-order valence-corrected chi connectivity index (χ0v) is 17.0. The van der Waals surface area contributed by atoms with Gasteiger partial charge in [-0.05, 0) is 50.2 Å². The minimum atomic E-state index is -0.527. The number of aromatic hydroxyl groups is 1. The van der Waals surface area contributed by atoms with Crippen molar-refractivity contribution in [3.63, 3.8) is 0 Å². The van der Waals surface area contributed by atoms with E-state index in [0.717, 1.165) is 24.5 Å². The number of fused-ring (bicyclic) bond motifs is 1. The summed E-state index contributed by atoms with van der Waals surface area (Å²) in [5, 5.41) is 26.5. The second-order valence-electron chi connectivity index (χ2n) is 6.67. The second kappa shape index (κ2) is 9.48. The van der Waals surface area contributed by atoms with Crippen LogP contribution >= 0.6 is 0 Å². The highest BCUT2D eigenvalue weighted by atomic mass is 16.3. The van der Waals surface area contributed by atoms with Crippen LogP contribution in [0.3, 0.4) is 0 Å². The van der Waals surface area contributed by atoms with Crippen molar-refractivity contribution in [3.05, 3.63) is 72.4 Å². The van der Waals surface area contributed by atoms with Gasteiger partial charge in [0.05, 0.1) is 0 Å². The highest BCUT2D eigenvalue weighted by Gasteiger charge is 2.12. The molecule has 3 N–H and O–H groups in total. The third kappa shape index (κ3) is 4.53. The Balaban J connectivity index is 1.75. The van der Waals surface area contributed by atoms with E-state index in [-0.39, 0.29) is 11.3 Å². The van der Waals surface area contributed by atoms with E-state index in [1.807, 2.05) is 30.3 Å². The Morgan fingerprint density at radius 1 is 1.03 bits per heavy atom. The Labute approximate surface area is 176 Å². The molecule has 3 aromatic carbocycles. The minimum Gasteiger partial charge on any atom is -0.507 e. The molecule has 6 nitrogen and oxygen atoms in total. The minimum absolute atomic E-state index is 0.0556. The quantitative estimate of drug-likeness (QED) is 0.390. The predicted molar refractivity (Wildman–Crippen MR) is 122 cm³/mol. The summed E-state index contributed by atoms with van der Waals surface area (Å²) in [6.07, 6.45) is 1.39. The van der Waals surface area contributed by atoms with E-state index in [0.29, 0.717) is 16.5 Å². The number of hydrogen-bond donors (Lipinski definition) is 3. The van der Waals surface area contributed by atoms with Crippen LogP contribution in [0.5, 0.6) is 5.75 Å². The van der Waals surface area contributed by atoms with Gasteiger partial charge in [0.1, 0.15) is 17.4 Å². The first-order chi connectivity index (χ1) is 14.6. The molecule has 0 aliphatic heterocycles. The number of nitriles is 1. The van der Waals surface area contributed by atoms with Crippen LogP contribution in [0.25, 0.3) is 10.8 Å². The van der Waals surface area contributed by atoms with Gasteiger partial charge in [-0.25, -0.2) is 0 Å². The number of carbonyl (C=O) groups is 1. The third-order valence-electron chi connectivity index (χ3n) is 4.89. The van der Waals surface area contributed by atoms with Gasteiger partial charge >= 0.3 is 0 Å². The summed E-state index contributed by atoms with van der Waals surface area (Å²) in [7, 11) is 0. The molecule has 0 fully saturated rings. The highest BCUT2D eigenvalue weighted by Crippen LogP contribution is 2.30. The summed E-state index contributed by atoms with van der Waals surface area (Å²) in [6, 6.07) is 20.1. The van der Waals surface area contributed by atoms with E-state index in [1.54, 1.807) is 36.4 Å². The van der Waals surface area contributed by atoms with Crippen LogP contribution < -0.4 is 15.5 Å². The molecule has 0 saturated heterocycles. The first-order valence-corrected chi connectivity index (χ1v) is 9.81. The van der Waals surface area contributed by atoms with Crippen LogP contribution in [-0.4, -0.2) is 24.1 Å². The van der Waals surface area contributed by atoms with Crippen molar-refractivity contribution in [2.75, 3.05) is 28.6 Å². The fourth-order valence-corrected chi connectivity index (χ4v) is 3.25. The molecule has 0 aliphatic carbocycles. The van der Waals surface area contributed by atoms with Crippen LogP contribution in [0.1, 0.15) is 13.8 Å². The number of carbonyl (C=O) groups excluding carboxylic acids is 1. The molecule has 152 valence electrons. The molecule has 0 heterocycles. The number of phenolic OH excluding ortho intramolecular Hbond substituents is 1. The lowest BCUT2D eigenvalue weighted by Crippen LogP contribution is -2.21. The van der Waals surface area contributed by atoms with Gasteiger partial charge in [0.2, 0.25) is 0 Å². The maximum atomic E-state index is 12.6. The number of hydrogen-bond acceptors (Lipinski definition) is 5. The average Bonchev–Trinajstić information content (AvgIpc) is 2.77. The van der Waals surface area contributed by atoms with E-state index < -0.39 is 5.91 Å². The maximum absolute atomic E-state index is 12.6. The summed E-state index contributed by atoms with van der Waals surface area (Å²) in [5.41, 5.74) is 2.37. The molecule has 0 spiro atoms. The molecule has 3 rings (SSSR count). The molecule has 0 aromatic heterocycles. The molecule has 0 atom stereocenters. The van der Waals surface area contributed by atoms with E-state index in [2.05, 4.69) is 29.4 Å². The summed E-state index contributed by atoms with van der Waals surface area (Å²) < 4.78 is 0. The van der Waals surface area contributed by atoms with Gasteiger partial charge in [0, 0.05) is 47.1 Å².